The highest BCUT2D eigenvalue weighted by atomic mass is 16.5. The van der Waals surface area contributed by atoms with E-state index in [2.05, 4.69) is 101 Å². The van der Waals surface area contributed by atoms with Gasteiger partial charge in [0.2, 0.25) is 0 Å². The normalized spacial score (nSPS) is 17.7. The van der Waals surface area contributed by atoms with Gasteiger partial charge in [-0.3, -0.25) is 0 Å². The van der Waals surface area contributed by atoms with Crippen molar-refractivity contribution in [3.05, 3.63) is 166 Å². The van der Waals surface area contributed by atoms with Crippen molar-refractivity contribution in [1.29, 1.82) is 0 Å². The van der Waals surface area contributed by atoms with Crippen molar-refractivity contribution in [2.24, 2.45) is 0 Å². The summed E-state index contributed by atoms with van der Waals surface area (Å²) in [4.78, 5) is 0. The van der Waals surface area contributed by atoms with Crippen molar-refractivity contribution >= 4 is 0 Å². The summed E-state index contributed by atoms with van der Waals surface area (Å²) in [5.74, 6) is 3.30. The van der Waals surface area contributed by atoms with E-state index in [1.165, 1.54) is 22.3 Å². The molecule has 0 atom stereocenters. The van der Waals surface area contributed by atoms with E-state index in [1.54, 1.807) is 0 Å². The first-order valence-electron chi connectivity index (χ1n) is 15.0. The smallest absolute Gasteiger partial charge is 0.119 e. The molecular formula is C40H40O4. The molecule has 44 heavy (non-hydrogen) atoms. The van der Waals surface area contributed by atoms with Crippen molar-refractivity contribution in [3.63, 3.8) is 0 Å². The highest BCUT2D eigenvalue weighted by Gasteiger charge is 2.12. The third kappa shape index (κ3) is 9.27. The van der Waals surface area contributed by atoms with Crippen LogP contribution in [0.15, 0.2) is 144 Å². The van der Waals surface area contributed by atoms with Crippen LogP contribution in [-0.4, -0.2) is 26.4 Å². The lowest BCUT2D eigenvalue weighted by molar-refractivity contribution is 0.337. The molecule has 0 aliphatic heterocycles. The van der Waals surface area contributed by atoms with E-state index in [9.17, 15) is 0 Å². The summed E-state index contributed by atoms with van der Waals surface area (Å²) in [7, 11) is 0. The molecule has 0 bridgehead atoms. The molecule has 224 valence electrons. The quantitative estimate of drug-likeness (QED) is 0.166. The molecule has 5 rings (SSSR count). The largest absolute Gasteiger partial charge is 0.489 e. The molecule has 0 radical (unpaired) electrons. The molecule has 4 aromatic carbocycles. The predicted octanol–water partition coefficient (Wildman–Crippen LogP) is 9.26. The topological polar surface area (TPSA) is 36.9 Å². The Hall–Kier alpha value is -4.96. The minimum atomic E-state index is 0.386. The van der Waals surface area contributed by atoms with Crippen LogP contribution in [0, 0.1) is 27.7 Å². The third-order valence-electron chi connectivity index (χ3n) is 7.33. The highest BCUT2D eigenvalue weighted by molar-refractivity contribution is 5.47. The lowest BCUT2D eigenvalue weighted by Crippen LogP contribution is -2.12. The molecule has 4 nitrogen and oxygen atoms in total. The summed E-state index contributed by atoms with van der Waals surface area (Å²) in [6.07, 6.45) is 8.52. The van der Waals surface area contributed by atoms with E-state index in [4.69, 9.17) is 18.9 Å². The van der Waals surface area contributed by atoms with Gasteiger partial charge in [-0.15, -0.1) is 0 Å². The van der Waals surface area contributed by atoms with Crippen molar-refractivity contribution in [2.45, 2.75) is 27.7 Å². The molecular weight excluding hydrogens is 544 g/mol. The molecule has 0 amide bonds. The molecule has 0 spiro atoms. The number of hydrogen-bond donors (Lipinski definition) is 0. The minimum absolute atomic E-state index is 0.386. The van der Waals surface area contributed by atoms with Gasteiger partial charge in [-0.25, -0.2) is 0 Å². The van der Waals surface area contributed by atoms with Crippen LogP contribution < -0.4 is 18.9 Å². The first-order valence-corrected chi connectivity index (χ1v) is 15.0. The Morgan fingerprint density at radius 3 is 1.09 bits per heavy atom. The van der Waals surface area contributed by atoms with Crippen LogP contribution in [0.5, 0.6) is 23.0 Å². The molecule has 1 aliphatic rings. The summed E-state index contributed by atoms with van der Waals surface area (Å²) >= 11 is 0. The van der Waals surface area contributed by atoms with Gasteiger partial charge in [0, 0.05) is 0 Å². The number of aryl methyl sites for hydroxylation is 4. The molecule has 0 saturated heterocycles. The van der Waals surface area contributed by atoms with E-state index in [0.29, 0.717) is 26.4 Å². The van der Waals surface area contributed by atoms with Crippen LogP contribution in [0.25, 0.3) is 0 Å². The van der Waals surface area contributed by atoms with Crippen LogP contribution in [0.4, 0.5) is 0 Å². The molecule has 4 heteroatoms. The maximum atomic E-state index is 6.28. The van der Waals surface area contributed by atoms with E-state index >= 15 is 0 Å². The monoisotopic (exact) mass is 584 g/mol. The van der Waals surface area contributed by atoms with Gasteiger partial charge in [-0.2, -0.15) is 0 Å². The van der Waals surface area contributed by atoms with Gasteiger partial charge in [0.05, 0.1) is 0 Å². The zero-order valence-corrected chi connectivity index (χ0v) is 26.0. The Bertz CT molecular complexity index is 1640. The summed E-state index contributed by atoms with van der Waals surface area (Å²) in [6, 6.07) is 32.5. The fourth-order valence-electron chi connectivity index (χ4n) is 4.60. The van der Waals surface area contributed by atoms with Gasteiger partial charge in [-0.05, 0) is 111 Å². The molecule has 0 heterocycles. The van der Waals surface area contributed by atoms with Gasteiger partial charge < -0.3 is 18.9 Å². The Labute approximate surface area is 261 Å². The molecule has 4 aromatic rings. The molecule has 0 saturated carbocycles. The Balaban J connectivity index is 1.44. The molecule has 0 unspecified atom stereocenters. The Morgan fingerprint density at radius 1 is 0.341 bits per heavy atom. The molecule has 0 aromatic heterocycles. The zero-order chi connectivity index (χ0) is 30.7. The van der Waals surface area contributed by atoms with Crippen LogP contribution in [0.2, 0.25) is 0 Å². The van der Waals surface area contributed by atoms with Crippen LogP contribution in [0.3, 0.4) is 0 Å². The summed E-state index contributed by atoms with van der Waals surface area (Å²) in [5.41, 5.74) is 8.85. The average molecular weight is 585 g/mol. The van der Waals surface area contributed by atoms with Gasteiger partial charge >= 0.3 is 0 Å². The Kier molecular flexibility index (Phi) is 10.4. The molecule has 0 N–H and O–H groups in total. The second kappa shape index (κ2) is 15.0. The van der Waals surface area contributed by atoms with Crippen molar-refractivity contribution in [1.82, 2.24) is 0 Å². The second-order valence-corrected chi connectivity index (χ2v) is 11.2. The van der Waals surface area contributed by atoms with Crippen molar-refractivity contribution in [3.8, 4) is 23.0 Å². The third-order valence-corrected chi connectivity index (χ3v) is 7.33. The first kappa shape index (κ1) is 30.5. The van der Waals surface area contributed by atoms with Gasteiger partial charge in [0.25, 0.3) is 0 Å². The van der Waals surface area contributed by atoms with Gasteiger partial charge in [0.1, 0.15) is 49.4 Å². The number of ether oxygens (including phenoxy) is 4. The maximum Gasteiger partial charge on any atom is 0.119 e. The SMILES string of the molecule is Cc1ccc(OCC2=C(COc3ccc(C)cc3)/C=C(COc3ccc(C)cc3)\C=C(COc3ccc(C)cc3)/C=C\2)cc1. The number of hydrogen-bond acceptors (Lipinski definition) is 4. The number of benzene rings is 4. The summed E-state index contributed by atoms with van der Waals surface area (Å²) < 4.78 is 25.0. The van der Waals surface area contributed by atoms with Gasteiger partial charge in [0.15, 0.2) is 0 Å². The van der Waals surface area contributed by atoms with Gasteiger partial charge in [-0.1, -0.05) is 82.9 Å². The fourth-order valence-corrected chi connectivity index (χ4v) is 4.60. The van der Waals surface area contributed by atoms with Crippen LogP contribution in [0.1, 0.15) is 22.3 Å². The van der Waals surface area contributed by atoms with E-state index < -0.39 is 0 Å². The molecule has 1 aliphatic carbocycles. The fraction of sp³-hybridized carbons (Fsp3) is 0.200. The maximum absolute atomic E-state index is 6.28. The average Bonchev–Trinajstić information content (AvgIpc) is 3.02. The lowest BCUT2D eigenvalue weighted by Gasteiger charge is -2.18. The summed E-state index contributed by atoms with van der Waals surface area (Å²) in [5, 5.41) is 0. The van der Waals surface area contributed by atoms with E-state index in [1.807, 2.05) is 48.5 Å². The standard InChI is InChI=1S/C40H40O4/c1-29-5-15-37(16-6-29)41-25-33-13-14-35(27-43-39-19-9-31(3)10-20-39)36(28-44-40-21-11-32(4)12-22-40)24-34(23-33)26-42-38-17-7-30(2)8-18-38/h5-24H,25-28H2,1-4H3/b14-13-,33-13?,33-23+,34-23?,34-24+,35-14?,36-24?,36-35-. The van der Waals surface area contributed by atoms with Crippen LogP contribution in [-0.2, 0) is 0 Å². The first-order chi connectivity index (χ1) is 21.4. The van der Waals surface area contributed by atoms with Crippen molar-refractivity contribution in [2.75, 3.05) is 26.4 Å². The van der Waals surface area contributed by atoms with Crippen molar-refractivity contribution < 1.29 is 18.9 Å². The number of rotatable bonds is 12. The van der Waals surface area contributed by atoms with E-state index in [-0.39, 0.29) is 0 Å². The molecule has 0 fully saturated rings. The highest BCUT2D eigenvalue weighted by Crippen LogP contribution is 2.24. The lowest BCUT2D eigenvalue weighted by atomic mass is 10.00. The van der Waals surface area contributed by atoms with Crippen LogP contribution >= 0.6 is 0 Å². The predicted molar refractivity (Wildman–Crippen MR) is 179 cm³/mol. The van der Waals surface area contributed by atoms with E-state index in [0.717, 1.165) is 45.3 Å². The minimum Gasteiger partial charge on any atom is -0.489 e. The Morgan fingerprint density at radius 2 is 0.682 bits per heavy atom. The summed E-state index contributed by atoms with van der Waals surface area (Å²) in [6.45, 7) is 9.87. The second-order valence-electron chi connectivity index (χ2n) is 11.2. The zero-order valence-electron chi connectivity index (χ0n) is 26.0.